The Morgan fingerprint density at radius 1 is 1.00 bits per heavy atom. The molecule has 0 unspecified atom stereocenters. The second kappa shape index (κ2) is 8.21. The van der Waals surface area contributed by atoms with Crippen molar-refractivity contribution in [3.8, 4) is 5.75 Å². The van der Waals surface area contributed by atoms with E-state index in [-0.39, 0.29) is 18.4 Å². The second-order valence-corrected chi connectivity index (χ2v) is 5.92. The zero-order valence-corrected chi connectivity index (χ0v) is 13.6. The minimum atomic E-state index is 0. The lowest BCUT2D eigenvalue weighted by Gasteiger charge is -2.20. The summed E-state index contributed by atoms with van der Waals surface area (Å²) in [7, 11) is 0. The fraction of sp³-hybridized carbons (Fsp3) is 0.368. The molecule has 3 rings (SSSR count). The van der Waals surface area contributed by atoms with Crippen LogP contribution in [0.1, 0.15) is 42.9 Å². The van der Waals surface area contributed by atoms with E-state index in [0.717, 1.165) is 5.75 Å². The van der Waals surface area contributed by atoms with Gasteiger partial charge in [0, 0.05) is 6.04 Å². The van der Waals surface area contributed by atoms with Gasteiger partial charge in [-0.05, 0) is 42.0 Å². The highest BCUT2D eigenvalue weighted by Crippen LogP contribution is 2.35. The van der Waals surface area contributed by atoms with Gasteiger partial charge in [-0.3, -0.25) is 0 Å². The molecule has 1 atom stereocenters. The molecular weight excluding hydrogens is 294 g/mol. The Hall–Kier alpha value is -1.51. The van der Waals surface area contributed by atoms with Crippen LogP contribution in [0.4, 0.5) is 0 Å². The number of benzene rings is 2. The van der Waals surface area contributed by atoms with Crippen molar-refractivity contribution in [1.82, 2.24) is 0 Å². The van der Waals surface area contributed by atoms with Crippen molar-refractivity contribution >= 4 is 12.4 Å². The van der Waals surface area contributed by atoms with Crippen LogP contribution in [0, 0.1) is 5.92 Å². The summed E-state index contributed by atoms with van der Waals surface area (Å²) in [6.07, 6.45) is 5.16. The number of nitrogens with two attached hydrogens (primary N) is 1. The first-order valence-corrected chi connectivity index (χ1v) is 7.85. The van der Waals surface area contributed by atoms with E-state index in [1.807, 2.05) is 30.3 Å². The van der Waals surface area contributed by atoms with Crippen molar-refractivity contribution in [2.45, 2.75) is 38.3 Å². The molecule has 22 heavy (non-hydrogen) atoms. The summed E-state index contributed by atoms with van der Waals surface area (Å²) < 4.78 is 5.89. The van der Waals surface area contributed by atoms with E-state index in [0.29, 0.717) is 12.5 Å². The molecule has 2 N–H and O–H groups in total. The van der Waals surface area contributed by atoms with E-state index in [2.05, 4.69) is 24.3 Å². The monoisotopic (exact) mass is 317 g/mol. The third kappa shape index (κ3) is 4.25. The molecule has 1 fully saturated rings. The number of rotatable bonds is 5. The fourth-order valence-corrected chi connectivity index (χ4v) is 3.14. The first-order chi connectivity index (χ1) is 10.3. The van der Waals surface area contributed by atoms with Crippen molar-refractivity contribution in [2.75, 3.05) is 0 Å². The Kier molecular flexibility index (Phi) is 6.29. The van der Waals surface area contributed by atoms with E-state index in [1.165, 1.54) is 36.8 Å². The molecule has 1 aliphatic carbocycles. The van der Waals surface area contributed by atoms with Gasteiger partial charge >= 0.3 is 0 Å². The van der Waals surface area contributed by atoms with Gasteiger partial charge in [0.2, 0.25) is 0 Å². The summed E-state index contributed by atoms with van der Waals surface area (Å²) in [5.74, 6) is 1.54. The highest BCUT2D eigenvalue weighted by atomic mass is 35.5. The Morgan fingerprint density at radius 2 is 1.73 bits per heavy atom. The van der Waals surface area contributed by atoms with Crippen molar-refractivity contribution < 1.29 is 4.74 Å². The minimum absolute atomic E-state index is 0. The van der Waals surface area contributed by atoms with E-state index >= 15 is 0 Å². The van der Waals surface area contributed by atoms with Crippen LogP contribution < -0.4 is 10.5 Å². The first kappa shape index (κ1) is 16.9. The maximum Gasteiger partial charge on any atom is 0.120 e. The van der Waals surface area contributed by atoms with Crippen LogP contribution in [0.3, 0.4) is 0 Å². The summed E-state index contributed by atoms with van der Waals surface area (Å²) >= 11 is 0. The number of halogens is 1. The molecule has 0 saturated heterocycles. The smallest absolute Gasteiger partial charge is 0.120 e. The molecule has 3 heteroatoms. The quantitative estimate of drug-likeness (QED) is 0.853. The van der Waals surface area contributed by atoms with E-state index in [1.54, 1.807) is 0 Å². The molecule has 0 spiro atoms. The summed E-state index contributed by atoms with van der Waals surface area (Å²) in [6.45, 7) is 0.600. The normalized spacial score (nSPS) is 16.0. The zero-order valence-electron chi connectivity index (χ0n) is 12.8. The first-order valence-electron chi connectivity index (χ1n) is 7.85. The molecule has 1 saturated carbocycles. The summed E-state index contributed by atoms with van der Waals surface area (Å²) in [5, 5.41) is 0. The Bertz CT molecular complexity index is 567. The highest BCUT2D eigenvalue weighted by molar-refractivity contribution is 5.85. The van der Waals surface area contributed by atoms with Gasteiger partial charge in [-0.2, -0.15) is 0 Å². The maximum absolute atomic E-state index is 6.42. The van der Waals surface area contributed by atoms with E-state index < -0.39 is 0 Å². The molecule has 0 heterocycles. The highest BCUT2D eigenvalue weighted by Gasteiger charge is 2.23. The predicted molar refractivity (Wildman–Crippen MR) is 93.4 cm³/mol. The largest absolute Gasteiger partial charge is 0.489 e. The zero-order chi connectivity index (χ0) is 14.5. The molecule has 1 aliphatic rings. The van der Waals surface area contributed by atoms with E-state index in [4.69, 9.17) is 10.5 Å². The van der Waals surface area contributed by atoms with Crippen LogP contribution in [0.25, 0.3) is 0 Å². The van der Waals surface area contributed by atoms with Crippen LogP contribution >= 0.6 is 12.4 Å². The van der Waals surface area contributed by atoms with Crippen molar-refractivity contribution in [2.24, 2.45) is 11.7 Å². The Labute approximate surface area is 139 Å². The second-order valence-electron chi connectivity index (χ2n) is 5.92. The third-order valence-corrected chi connectivity index (χ3v) is 4.40. The molecule has 0 amide bonds. The summed E-state index contributed by atoms with van der Waals surface area (Å²) in [6, 6.07) is 18.7. The average molecular weight is 318 g/mol. The lowest BCUT2D eigenvalue weighted by atomic mass is 9.92. The molecule has 0 radical (unpaired) electrons. The van der Waals surface area contributed by atoms with Gasteiger partial charge in [-0.1, -0.05) is 55.3 Å². The van der Waals surface area contributed by atoms with Gasteiger partial charge in [0.05, 0.1) is 0 Å². The lowest BCUT2D eigenvalue weighted by Crippen LogP contribution is -2.19. The minimum Gasteiger partial charge on any atom is -0.489 e. The van der Waals surface area contributed by atoms with Gasteiger partial charge in [0.25, 0.3) is 0 Å². The number of ether oxygens (including phenoxy) is 1. The third-order valence-electron chi connectivity index (χ3n) is 4.40. The fourth-order valence-electron chi connectivity index (χ4n) is 3.14. The van der Waals surface area contributed by atoms with Crippen molar-refractivity contribution in [3.05, 3.63) is 65.7 Å². The van der Waals surface area contributed by atoms with E-state index in [9.17, 15) is 0 Å². The molecule has 0 aliphatic heterocycles. The summed E-state index contributed by atoms with van der Waals surface area (Å²) in [5.41, 5.74) is 8.81. The van der Waals surface area contributed by atoms with Gasteiger partial charge in [-0.25, -0.2) is 0 Å². The molecule has 2 aromatic carbocycles. The molecule has 2 aromatic rings. The average Bonchev–Trinajstić information content (AvgIpc) is 3.08. The van der Waals surface area contributed by atoms with Crippen LogP contribution in [0.15, 0.2) is 54.6 Å². The van der Waals surface area contributed by atoms with Crippen LogP contribution in [0.2, 0.25) is 0 Å². The van der Waals surface area contributed by atoms with Crippen molar-refractivity contribution in [3.63, 3.8) is 0 Å². The number of hydrogen-bond donors (Lipinski definition) is 1. The Balaban J connectivity index is 0.00000176. The molecule has 0 bridgehead atoms. The van der Waals surface area contributed by atoms with Crippen LogP contribution in [-0.4, -0.2) is 0 Å². The molecule has 118 valence electrons. The van der Waals surface area contributed by atoms with Gasteiger partial charge in [0.15, 0.2) is 0 Å². The molecule has 0 aromatic heterocycles. The standard InChI is InChI=1S/C19H23NO.ClH/c20-19(16-9-4-5-10-16)17-11-6-12-18(13-17)21-14-15-7-2-1-3-8-15;/h1-3,6-8,11-13,16,19H,4-5,9-10,14,20H2;1H/t19-;/m1./s1. The Morgan fingerprint density at radius 3 is 2.45 bits per heavy atom. The van der Waals surface area contributed by atoms with Crippen LogP contribution in [-0.2, 0) is 6.61 Å². The maximum atomic E-state index is 6.42. The van der Waals surface area contributed by atoms with Gasteiger partial charge in [-0.15, -0.1) is 12.4 Å². The SMILES string of the molecule is Cl.N[C@@H](c1cccc(OCc2ccccc2)c1)C1CCCC1. The predicted octanol–water partition coefficient (Wildman–Crippen LogP) is 4.88. The topological polar surface area (TPSA) is 35.2 Å². The van der Waals surface area contributed by atoms with Gasteiger partial charge < -0.3 is 10.5 Å². The molecule has 2 nitrogen and oxygen atoms in total. The van der Waals surface area contributed by atoms with Crippen LogP contribution in [0.5, 0.6) is 5.75 Å². The lowest BCUT2D eigenvalue weighted by molar-refractivity contribution is 0.305. The molecular formula is C19H24ClNO. The van der Waals surface area contributed by atoms with Gasteiger partial charge in [0.1, 0.15) is 12.4 Å². The number of hydrogen-bond acceptors (Lipinski definition) is 2. The van der Waals surface area contributed by atoms with Crippen molar-refractivity contribution in [1.29, 1.82) is 0 Å². The summed E-state index contributed by atoms with van der Waals surface area (Å²) in [4.78, 5) is 0.